The van der Waals surface area contributed by atoms with Gasteiger partial charge in [-0.3, -0.25) is 14.6 Å². The molecule has 5 nitrogen and oxygen atoms in total. The van der Waals surface area contributed by atoms with Gasteiger partial charge in [-0.05, 0) is 42.1 Å². The Morgan fingerprint density at radius 3 is 2.56 bits per heavy atom. The average Bonchev–Trinajstić information content (AvgIpc) is 3.06. The number of carbonyl (C=O) groups is 1. The Bertz CT molecular complexity index is 723. The number of morpholine rings is 1. The predicted molar refractivity (Wildman–Crippen MR) is 110 cm³/mol. The van der Waals surface area contributed by atoms with E-state index in [0.717, 1.165) is 45.0 Å². The molecule has 1 aliphatic rings. The zero-order valence-corrected chi connectivity index (χ0v) is 17.1. The van der Waals surface area contributed by atoms with Crippen molar-refractivity contribution >= 4 is 17.2 Å². The van der Waals surface area contributed by atoms with Gasteiger partial charge in [-0.2, -0.15) is 0 Å². The summed E-state index contributed by atoms with van der Waals surface area (Å²) < 4.78 is 5.39. The Morgan fingerprint density at radius 1 is 1.19 bits per heavy atom. The van der Waals surface area contributed by atoms with Crippen LogP contribution in [0.15, 0.2) is 35.7 Å². The zero-order chi connectivity index (χ0) is 19.1. The van der Waals surface area contributed by atoms with Gasteiger partial charge in [0, 0.05) is 37.6 Å². The topological polar surface area (TPSA) is 44.8 Å². The van der Waals surface area contributed by atoms with Gasteiger partial charge in [0.25, 0.3) is 0 Å². The van der Waals surface area contributed by atoms with Crippen LogP contribution in [-0.2, 0) is 29.2 Å². The van der Waals surface area contributed by atoms with Crippen molar-refractivity contribution in [3.63, 3.8) is 0 Å². The van der Waals surface area contributed by atoms with Gasteiger partial charge >= 0.3 is 0 Å². The van der Waals surface area contributed by atoms with E-state index in [2.05, 4.69) is 57.8 Å². The van der Waals surface area contributed by atoms with Gasteiger partial charge in [-0.25, -0.2) is 0 Å². The molecule has 6 heteroatoms. The zero-order valence-electron chi connectivity index (χ0n) is 16.2. The van der Waals surface area contributed by atoms with Crippen LogP contribution < -0.4 is 5.32 Å². The Kier molecular flexibility index (Phi) is 7.41. The summed E-state index contributed by atoms with van der Waals surface area (Å²) in [5, 5.41) is 5.12. The minimum Gasteiger partial charge on any atom is -0.379 e. The fourth-order valence-corrected chi connectivity index (χ4v) is 4.13. The van der Waals surface area contributed by atoms with Crippen LogP contribution in [0.25, 0.3) is 0 Å². The van der Waals surface area contributed by atoms with Crippen molar-refractivity contribution in [1.29, 1.82) is 0 Å². The second kappa shape index (κ2) is 9.99. The maximum absolute atomic E-state index is 12.2. The van der Waals surface area contributed by atoms with Crippen molar-refractivity contribution in [2.75, 3.05) is 39.9 Å². The standard InChI is InChI=1S/C21H29N3O2S/c1-17-7-12-27-20(17)15-23(2)16-21(25)22-13-18-3-5-19(6-4-18)14-24-8-10-26-11-9-24/h3-7,12H,8-11,13-16H2,1-2H3,(H,22,25). The van der Waals surface area contributed by atoms with Gasteiger partial charge in [0.1, 0.15) is 0 Å². The normalized spacial score (nSPS) is 15.2. The van der Waals surface area contributed by atoms with Crippen molar-refractivity contribution in [1.82, 2.24) is 15.1 Å². The predicted octanol–water partition coefficient (Wildman–Crippen LogP) is 2.64. The number of thiophene rings is 1. The van der Waals surface area contributed by atoms with Gasteiger partial charge in [-0.15, -0.1) is 11.3 Å². The van der Waals surface area contributed by atoms with E-state index in [1.165, 1.54) is 16.0 Å². The highest BCUT2D eigenvalue weighted by Gasteiger charge is 2.11. The molecule has 0 aliphatic carbocycles. The Morgan fingerprint density at radius 2 is 1.89 bits per heavy atom. The summed E-state index contributed by atoms with van der Waals surface area (Å²) in [6.07, 6.45) is 0. The molecule has 0 bridgehead atoms. The largest absolute Gasteiger partial charge is 0.379 e. The molecule has 1 saturated heterocycles. The molecule has 2 heterocycles. The van der Waals surface area contributed by atoms with Crippen LogP contribution in [0, 0.1) is 6.92 Å². The molecule has 1 fully saturated rings. The molecule has 0 unspecified atom stereocenters. The SMILES string of the molecule is Cc1ccsc1CN(C)CC(=O)NCc1ccc(CN2CCOCC2)cc1. The first-order valence-electron chi connectivity index (χ1n) is 9.46. The monoisotopic (exact) mass is 387 g/mol. The van der Waals surface area contributed by atoms with Gasteiger partial charge in [0.15, 0.2) is 0 Å². The highest BCUT2D eigenvalue weighted by atomic mass is 32.1. The molecule has 1 aromatic heterocycles. The summed E-state index contributed by atoms with van der Waals surface area (Å²) in [6, 6.07) is 10.6. The van der Waals surface area contributed by atoms with E-state index < -0.39 is 0 Å². The third-order valence-corrected chi connectivity index (χ3v) is 5.83. The number of ether oxygens (including phenoxy) is 1. The molecule has 1 aliphatic heterocycles. The van der Waals surface area contributed by atoms with Crippen LogP contribution in [0.5, 0.6) is 0 Å². The number of rotatable bonds is 8. The first-order valence-corrected chi connectivity index (χ1v) is 10.3. The molecule has 1 N–H and O–H groups in total. The molecule has 1 aromatic carbocycles. The number of benzene rings is 1. The quantitative estimate of drug-likeness (QED) is 0.756. The highest BCUT2D eigenvalue weighted by molar-refractivity contribution is 7.10. The lowest BCUT2D eigenvalue weighted by atomic mass is 10.1. The number of likely N-dealkylation sites (N-methyl/N-ethyl adjacent to an activating group) is 1. The molecule has 1 amide bonds. The van der Waals surface area contributed by atoms with Crippen LogP contribution >= 0.6 is 11.3 Å². The fraction of sp³-hybridized carbons (Fsp3) is 0.476. The minimum absolute atomic E-state index is 0.0594. The molecule has 0 spiro atoms. The lowest BCUT2D eigenvalue weighted by molar-refractivity contribution is -0.122. The van der Waals surface area contributed by atoms with E-state index in [9.17, 15) is 4.79 Å². The van der Waals surface area contributed by atoms with Crippen molar-refractivity contribution < 1.29 is 9.53 Å². The van der Waals surface area contributed by atoms with Crippen LogP contribution in [0.1, 0.15) is 21.6 Å². The lowest BCUT2D eigenvalue weighted by Crippen LogP contribution is -2.35. The summed E-state index contributed by atoms with van der Waals surface area (Å²) in [5.41, 5.74) is 3.73. The Balaban J connectivity index is 1.39. The summed E-state index contributed by atoms with van der Waals surface area (Å²) in [5.74, 6) is 0.0594. The van der Waals surface area contributed by atoms with Gasteiger partial charge in [0.2, 0.25) is 5.91 Å². The maximum Gasteiger partial charge on any atom is 0.234 e. The van der Waals surface area contributed by atoms with E-state index in [1.54, 1.807) is 11.3 Å². The van der Waals surface area contributed by atoms with Crippen LogP contribution in [-0.4, -0.2) is 55.6 Å². The molecule has 27 heavy (non-hydrogen) atoms. The van der Waals surface area contributed by atoms with Crippen molar-refractivity contribution in [2.24, 2.45) is 0 Å². The van der Waals surface area contributed by atoms with Crippen molar-refractivity contribution in [3.8, 4) is 0 Å². The van der Waals surface area contributed by atoms with E-state index in [-0.39, 0.29) is 5.91 Å². The van der Waals surface area contributed by atoms with Gasteiger partial charge in [0.05, 0.1) is 19.8 Å². The van der Waals surface area contributed by atoms with Crippen LogP contribution in [0.2, 0.25) is 0 Å². The molecular weight excluding hydrogens is 358 g/mol. The Labute approximate surface area is 165 Å². The average molecular weight is 388 g/mol. The molecule has 3 rings (SSSR count). The highest BCUT2D eigenvalue weighted by Crippen LogP contribution is 2.17. The van der Waals surface area contributed by atoms with E-state index in [1.807, 2.05) is 7.05 Å². The molecule has 0 radical (unpaired) electrons. The smallest absolute Gasteiger partial charge is 0.234 e. The second-order valence-electron chi connectivity index (χ2n) is 7.18. The number of hydrogen-bond donors (Lipinski definition) is 1. The summed E-state index contributed by atoms with van der Waals surface area (Å²) in [6.45, 7) is 8.51. The van der Waals surface area contributed by atoms with Crippen LogP contribution in [0.3, 0.4) is 0 Å². The van der Waals surface area contributed by atoms with Crippen LogP contribution in [0.4, 0.5) is 0 Å². The van der Waals surface area contributed by atoms with Crippen molar-refractivity contribution in [2.45, 2.75) is 26.6 Å². The minimum atomic E-state index is 0.0594. The van der Waals surface area contributed by atoms with Crippen molar-refractivity contribution in [3.05, 3.63) is 57.3 Å². The first-order chi connectivity index (χ1) is 13.1. The third-order valence-electron chi connectivity index (χ3n) is 4.82. The number of carbonyl (C=O) groups excluding carboxylic acids is 1. The molecule has 0 saturated carbocycles. The fourth-order valence-electron chi connectivity index (χ4n) is 3.15. The number of amides is 1. The number of hydrogen-bond acceptors (Lipinski definition) is 5. The summed E-state index contributed by atoms with van der Waals surface area (Å²) in [4.78, 5) is 18.0. The lowest BCUT2D eigenvalue weighted by Gasteiger charge is -2.26. The summed E-state index contributed by atoms with van der Waals surface area (Å²) in [7, 11) is 1.99. The number of aryl methyl sites for hydroxylation is 1. The summed E-state index contributed by atoms with van der Waals surface area (Å²) >= 11 is 1.75. The molecule has 0 atom stereocenters. The number of nitrogens with one attached hydrogen (secondary N) is 1. The van der Waals surface area contributed by atoms with E-state index >= 15 is 0 Å². The second-order valence-corrected chi connectivity index (χ2v) is 8.18. The molecule has 2 aromatic rings. The van der Waals surface area contributed by atoms with E-state index in [4.69, 9.17) is 4.74 Å². The molecule has 146 valence electrons. The molecular formula is C21H29N3O2S. The van der Waals surface area contributed by atoms with Gasteiger partial charge < -0.3 is 10.1 Å². The van der Waals surface area contributed by atoms with E-state index in [0.29, 0.717) is 13.1 Å². The number of nitrogens with zero attached hydrogens (tertiary/aromatic N) is 2. The van der Waals surface area contributed by atoms with Gasteiger partial charge in [-0.1, -0.05) is 24.3 Å². The third kappa shape index (κ3) is 6.43. The first kappa shape index (κ1) is 20.0. The Hall–Kier alpha value is -1.73. The maximum atomic E-state index is 12.2.